The van der Waals surface area contributed by atoms with E-state index in [1.54, 1.807) is 11.8 Å². The summed E-state index contributed by atoms with van der Waals surface area (Å²) in [7, 11) is 0. The molecule has 1 N–H and O–H groups in total. The molecule has 1 amide bonds. The second kappa shape index (κ2) is 8.44. The van der Waals surface area contributed by atoms with Crippen molar-refractivity contribution < 1.29 is 13.6 Å². The number of thioether (sulfide) groups is 2. The molecule has 9 heteroatoms. The van der Waals surface area contributed by atoms with Gasteiger partial charge < -0.3 is 5.32 Å². The van der Waals surface area contributed by atoms with Crippen LogP contribution in [-0.2, 0) is 4.79 Å². The number of nitrogens with zero attached hydrogens (tertiary/aromatic N) is 2. The lowest BCUT2D eigenvalue weighted by molar-refractivity contribution is -0.113. The standard InChI is InChI=1S/C13H13F2N3OS3/c1-2-5-20-12-17-18-13(22-12)21-7-11(19)16-10-6-8(14)3-4-9(10)15/h3-4,6H,2,5,7H2,1H3,(H,16,19). The first-order chi connectivity index (χ1) is 10.6. The van der Waals surface area contributed by atoms with E-state index >= 15 is 0 Å². The average molecular weight is 361 g/mol. The molecule has 2 aromatic rings. The van der Waals surface area contributed by atoms with Crippen molar-refractivity contribution in [2.24, 2.45) is 0 Å². The minimum absolute atomic E-state index is 0.0586. The molecular formula is C13H13F2N3OS3. The molecule has 2 rings (SSSR count). The van der Waals surface area contributed by atoms with E-state index in [1.165, 1.54) is 23.1 Å². The lowest BCUT2D eigenvalue weighted by atomic mass is 10.3. The Morgan fingerprint density at radius 3 is 2.73 bits per heavy atom. The van der Waals surface area contributed by atoms with E-state index in [4.69, 9.17) is 0 Å². The molecule has 1 aromatic heterocycles. The van der Waals surface area contributed by atoms with Crippen LogP contribution in [0.15, 0.2) is 26.9 Å². The van der Waals surface area contributed by atoms with Crippen molar-refractivity contribution in [1.29, 1.82) is 0 Å². The molecule has 22 heavy (non-hydrogen) atoms. The summed E-state index contributed by atoms with van der Waals surface area (Å²) in [5.74, 6) is -0.672. The fraction of sp³-hybridized carbons (Fsp3) is 0.308. The summed E-state index contributed by atoms with van der Waals surface area (Å²) in [4.78, 5) is 11.8. The number of carbonyl (C=O) groups excluding carboxylic acids is 1. The number of rotatable bonds is 7. The zero-order valence-corrected chi connectivity index (χ0v) is 14.1. The molecule has 0 unspecified atom stereocenters. The third-order valence-corrected chi connectivity index (χ3v) is 5.74. The lowest BCUT2D eigenvalue weighted by Crippen LogP contribution is -2.15. The summed E-state index contributed by atoms with van der Waals surface area (Å²) in [6.07, 6.45) is 1.05. The van der Waals surface area contributed by atoms with E-state index in [9.17, 15) is 13.6 Å². The van der Waals surface area contributed by atoms with Gasteiger partial charge in [-0.2, -0.15) is 0 Å². The summed E-state index contributed by atoms with van der Waals surface area (Å²) < 4.78 is 28.0. The van der Waals surface area contributed by atoms with Crippen LogP contribution in [-0.4, -0.2) is 27.6 Å². The van der Waals surface area contributed by atoms with E-state index in [-0.39, 0.29) is 11.4 Å². The second-order valence-electron chi connectivity index (χ2n) is 4.14. The molecule has 0 fully saturated rings. The third-order valence-electron chi connectivity index (χ3n) is 2.35. The summed E-state index contributed by atoms with van der Waals surface area (Å²) in [5, 5.41) is 10.3. The van der Waals surface area contributed by atoms with Gasteiger partial charge in [0.1, 0.15) is 11.6 Å². The molecular weight excluding hydrogens is 348 g/mol. The average Bonchev–Trinajstić information content (AvgIpc) is 2.95. The van der Waals surface area contributed by atoms with Gasteiger partial charge in [-0.1, -0.05) is 41.8 Å². The van der Waals surface area contributed by atoms with Crippen LogP contribution in [0.2, 0.25) is 0 Å². The van der Waals surface area contributed by atoms with Gasteiger partial charge in [-0.25, -0.2) is 8.78 Å². The predicted molar refractivity (Wildman–Crippen MR) is 86.6 cm³/mol. The predicted octanol–water partition coefficient (Wildman–Crippen LogP) is 4.05. The normalized spacial score (nSPS) is 10.7. The maximum atomic E-state index is 13.4. The van der Waals surface area contributed by atoms with Gasteiger partial charge in [-0.3, -0.25) is 4.79 Å². The minimum Gasteiger partial charge on any atom is -0.323 e. The number of hydrogen-bond donors (Lipinski definition) is 1. The number of amides is 1. The van der Waals surface area contributed by atoms with Crippen molar-refractivity contribution in [3.63, 3.8) is 0 Å². The third kappa shape index (κ3) is 5.22. The fourth-order valence-electron chi connectivity index (χ4n) is 1.41. The first kappa shape index (κ1) is 17.2. The first-order valence-corrected chi connectivity index (χ1v) is 9.21. The number of carbonyl (C=O) groups is 1. The Morgan fingerprint density at radius 2 is 2.00 bits per heavy atom. The molecule has 0 aliphatic heterocycles. The Labute approximate surface area is 139 Å². The molecule has 1 heterocycles. The summed E-state index contributed by atoms with van der Waals surface area (Å²) in [6, 6.07) is 2.92. The maximum Gasteiger partial charge on any atom is 0.234 e. The Kier molecular flexibility index (Phi) is 6.59. The van der Waals surface area contributed by atoms with Gasteiger partial charge in [0.25, 0.3) is 0 Å². The zero-order valence-electron chi connectivity index (χ0n) is 11.6. The number of benzene rings is 1. The van der Waals surface area contributed by atoms with Crippen LogP contribution in [0.4, 0.5) is 14.5 Å². The molecule has 0 aliphatic rings. The Hall–Kier alpha value is -1.19. The Balaban J connectivity index is 1.85. The van der Waals surface area contributed by atoms with E-state index in [0.29, 0.717) is 4.34 Å². The van der Waals surface area contributed by atoms with Gasteiger partial charge in [-0.15, -0.1) is 10.2 Å². The smallest absolute Gasteiger partial charge is 0.234 e. The molecule has 118 valence electrons. The van der Waals surface area contributed by atoms with Gasteiger partial charge in [0.05, 0.1) is 11.4 Å². The molecule has 1 aromatic carbocycles. The second-order valence-corrected chi connectivity index (χ2v) is 7.69. The molecule has 0 bridgehead atoms. The van der Waals surface area contributed by atoms with Gasteiger partial charge in [0, 0.05) is 11.8 Å². The van der Waals surface area contributed by atoms with E-state index in [0.717, 1.165) is 34.7 Å². The van der Waals surface area contributed by atoms with Crippen LogP contribution in [0.1, 0.15) is 13.3 Å². The quantitative estimate of drug-likeness (QED) is 0.754. The highest BCUT2D eigenvalue weighted by Gasteiger charge is 2.11. The van der Waals surface area contributed by atoms with Gasteiger partial charge >= 0.3 is 0 Å². The number of anilines is 1. The van der Waals surface area contributed by atoms with Crippen molar-refractivity contribution in [2.75, 3.05) is 16.8 Å². The number of aromatic nitrogens is 2. The number of hydrogen-bond acceptors (Lipinski definition) is 6. The molecule has 4 nitrogen and oxygen atoms in total. The number of halogens is 2. The summed E-state index contributed by atoms with van der Waals surface area (Å²) >= 11 is 4.25. The molecule has 0 saturated carbocycles. The van der Waals surface area contributed by atoms with Crippen molar-refractivity contribution >= 4 is 46.5 Å². The van der Waals surface area contributed by atoms with Crippen LogP contribution < -0.4 is 5.32 Å². The highest BCUT2D eigenvalue weighted by atomic mass is 32.2. The summed E-state index contributed by atoms with van der Waals surface area (Å²) in [6.45, 7) is 2.08. The minimum atomic E-state index is -0.672. The maximum absolute atomic E-state index is 13.4. The van der Waals surface area contributed by atoms with E-state index in [2.05, 4.69) is 22.4 Å². The Bertz CT molecular complexity index is 651. The van der Waals surface area contributed by atoms with Gasteiger partial charge in [0.2, 0.25) is 5.91 Å². The molecule has 0 aliphatic carbocycles. The molecule has 0 radical (unpaired) electrons. The van der Waals surface area contributed by atoms with Crippen LogP contribution in [0.3, 0.4) is 0 Å². The highest BCUT2D eigenvalue weighted by molar-refractivity contribution is 8.03. The number of nitrogens with one attached hydrogen (secondary N) is 1. The molecule has 0 atom stereocenters. The fourth-order valence-corrected chi connectivity index (χ4v) is 4.16. The molecule has 0 saturated heterocycles. The zero-order chi connectivity index (χ0) is 15.9. The van der Waals surface area contributed by atoms with Crippen molar-refractivity contribution in [1.82, 2.24) is 10.2 Å². The Morgan fingerprint density at radius 1 is 1.27 bits per heavy atom. The summed E-state index contributed by atoms with van der Waals surface area (Å²) in [5.41, 5.74) is -0.165. The lowest BCUT2D eigenvalue weighted by Gasteiger charge is -2.05. The van der Waals surface area contributed by atoms with E-state index < -0.39 is 17.5 Å². The first-order valence-electron chi connectivity index (χ1n) is 6.42. The molecule has 0 spiro atoms. The van der Waals surface area contributed by atoms with Crippen LogP contribution in [0, 0.1) is 11.6 Å². The van der Waals surface area contributed by atoms with E-state index in [1.807, 2.05) is 0 Å². The van der Waals surface area contributed by atoms with Gasteiger partial charge in [-0.05, 0) is 18.6 Å². The largest absolute Gasteiger partial charge is 0.323 e. The van der Waals surface area contributed by atoms with Crippen LogP contribution >= 0.6 is 34.9 Å². The van der Waals surface area contributed by atoms with Crippen molar-refractivity contribution in [3.8, 4) is 0 Å². The monoisotopic (exact) mass is 361 g/mol. The topological polar surface area (TPSA) is 54.9 Å². The van der Waals surface area contributed by atoms with Crippen molar-refractivity contribution in [2.45, 2.75) is 22.0 Å². The highest BCUT2D eigenvalue weighted by Crippen LogP contribution is 2.29. The van der Waals surface area contributed by atoms with Crippen LogP contribution in [0.5, 0.6) is 0 Å². The SMILES string of the molecule is CCCSc1nnc(SCC(=O)Nc2cc(F)ccc2F)s1. The van der Waals surface area contributed by atoms with Crippen molar-refractivity contribution in [3.05, 3.63) is 29.8 Å². The van der Waals surface area contributed by atoms with Gasteiger partial charge in [0.15, 0.2) is 8.68 Å². The van der Waals surface area contributed by atoms with Crippen LogP contribution in [0.25, 0.3) is 0 Å².